The Kier molecular flexibility index (Phi) is 5.43. The molecular formula is C18H23F3N4O6S. The van der Waals surface area contributed by atoms with Crippen LogP contribution in [0.15, 0.2) is 0 Å². The zero-order chi connectivity index (χ0) is 23.5. The van der Waals surface area contributed by atoms with Gasteiger partial charge in [0.15, 0.2) is 5.56 Å². The summed E-state index contributed by atoms with van der Waals surface area (Å²) in [5.41, 5.74) is -7.22. The summed E-state index contributed by atoms with van der Waals surface area (Å²) in [5.74, 6) is -2.21. The molecule has 0 aromatic carbocycles. The van der Waals surface area contributed by atoms with Crippen molar-refractivity contribution >= 4 is 22.0 Å². The summed E-state index contributed by atoms with van der Waals surface area (Å²) in [6.07, 6.45) is 1.42. The minimum absolute atomic E-state index is 0.0927. The number of fused-ring (bicyclic) bond motifs is 3. The van der Waals surface area contributed by atoms with Crippen molar-refractivity contribution in [2.45, 2.75) is 56.9 Å². The number of halogens is 3. The molecule has 0 N–H and O–H groups in total. The summed E-state index contributed by atoms with van der Waals surface area (Å²) in [6.45, 7) is 6.05. The van der Waals surface area contributed by atoms with Crippen molar-refractivity contribution in [1.29, 1.82) is 0 Å². The van der Waals surface area contributed by atoms with Gasteiger partial charge >= 0.3 is 15.6 Å². The number of amides is 1. The molecule has 1 aromatic rings. The van der Waals surface area contributed by atoms with Crippen LogP contribution in [-0.4, -0.2) is 78.7 Å². The van der Waals surface area contributed by atoms with Crippen molar-refractivity contribution in [3.63, 3.8) is 0 Å². The third kappa shape index (κ3) is 4.17. The predicted octanol–water partition coefficient (Wildman–Crippen LogP) is 1.71. The molecule has 4 heterocycles. The van der Waals surface area contributed by atoms with E-state index in [4.69, 9.17) is 9.47 Å². The van der Waals surface area contributed by atoms with E-state index in [9.17, 15) is 26.4 Å². The number of carbonyl (C=O) groups excluding carboxylic acids is 1. The van der Waals surface area contributed by atoms with E-state index in [0.717, 1.165) is 12.8 Å². The minimum Gasteiger partial charge on any atom is -0.469 e. The van der Waals surface area contributed by atoms with E-state index in [1.165, 1.54) is 4.90 Å². The van der Waals surface area contributed by atoms with Crippen molar-refractivity contribution in [1.82, 2.24) is 14.9 Å². The van der Waals surface area contributed by atoms with Gasteiger partial charge in [-0.1, -0.05) is 0 Å². The zero-order valence-corrected chi connectivity index (χ0v) is 18.5. The molecule has 2 unspecified atom stereocenters. The lowest BCUT2D eigenvalue weighted by Crippen LogP contribution is -2.43. The van der Waals surface area contributed by atoms with Crippen LogP contribution in [-0.2, 0) is 14.9 Å². The molecule has 2 bridgehead atoms. The molecule has 0 spiro atoms. The van der Waals surface area contributed by atoms with Crippen LogP contribution in [0.4, 0.5) is 19.1 Å². The predicted molar refractivity (Wildman–Crippen MR) is 104 cm³/mol. The molecule has 3 aliphatic heterocycles. The second-order valence-corrected chi connectivity index (χ2v) is 10.1. The number of hydrogen-bond acceptors (Lipinski definition) is 9. The fourth-order valence-corrected chi connectivity index (χ4v) is 4.46. The number of ether oxygens (including phenoxy) is 2. The van der Waals surface area contributed by atoms with Crippen molar-refractivity contribution in [3.8, 4) is 11.8 Å². The molecule has 1 amide bonds. The zero-order valence-electron chi connectivity index (χ0n) is 17.7. The molecule has 2 atom stereocenters. The third-order valence-electron chi connectivity index (χ3n) is 5.46. The van der Waals surface area contributed by atoms with Crippen LogP contribution in [0.3, 0.4) is 0 Å². The first-order chi connectivity index (χ1) is 14.8. The van der Waals surface area contributed by atoms with Gasteiger partial charge in [0.05, 0.1) is 18.8 Å². The van der Waals surface area contributed by atoms with E-state index in [2.05, 4.69) is 14.2 Å². The van der Waals surface area contributed by atoms with Crippen LogP contribution in [0.1, 0.15) is 44.0 Å². The number of likely N-dealkylation sites (N-methyl/N-ethyl adjacent to an activating group) is 1. The van der Waals surface area contributed by atoms with Gasteiger partial charge in [0.1, 0.15) is 5.60 Å². The maximum atomic E-state index is 13.1. The average molecular weight is 480 g/mol. The molecule has 0 saturated carbocycles. The molecule has 3 aliphatic rings. The Morgan fingerprint density at radius 2 is 1.81 bits per heavy atom. The van der Waals surface area contributed by atoms with Gasteiger partial charge in [-0.15, -0.1) is 0 Å². The van der Waals surface area contributed by atoms with Gasteiger partial charge in [-0.3, -0.25) is 4.79 Å². The van der Waals surface area contributed by atoms with Crippen molar-refractivity contribution in [2.75, 3.05) is 31.1 Å². The number of anilines is 1. The minimum atomic E-state index is -6.09. The highest BCUT2D eigenvalue weighted by Crippen LogP contribution is 2.38. The molecule has 0 radical (unpaired) electrons. The van der Waals surface area contributed by atoms with Crippen LogP contribution >= 0.6 is 0 Å². The van der Waals surface area contributed by atoms with Gasteiger partial charge in [0.2, 0.25) is 11.8 Å². The Morgan fingerprint density at radius 1 is 1.19 bits per heavy atom. The summed E-state index contributed by atoms with van der Waals surface area (Å²) < 4.78 is 78.7. The molecule has 2 saturated heterocycles. The molecule has 178 valence electrons. The van der Waals surface area contributed by atoms with Crippen molar-refractivity contribution in [2.24, 2.45) is 0 Å². The second-order valence-electron chi connectivity index (χ2n) is 8.54. The summed E-state index contributed by atoms with van der Waals surface area (Å²) in [5, 5.41) is 0. The van der Waals surface area contributed by atoms with Gasteiger partial charge in [0.25, 0.3) is 11.8 Å². The third-order valence-corrected chi connectivity index (χ3v) is 6.40. The Morgan fingerprint density at radius 3 is 2.38 bits per heavy atom. The molecule has 32 heavy (non-hydrogen) atoms. The van der Waals surface area contributed by atoms with Crippen molar-refractivity contribution < 1.29 is 40.0 Å². The van der Waals surface area contributed by atoms with E-state index in [1.807, 2.05) is 0 Å². The SMILES string of the molecule is CCN1CC(C)(C)Oc2nc(N3CC4CCC(C3)O4)nc(OS(=O)(=O)C(F)(F)F)c2C1=O. The number of nitrogens with zero attached hydrogens (tertiary/aromatic N) is 4. The number of hydrogen-bond donors (Lipinski definition) is 0. The van der Waals surface area contributed by atoms with Gasteiger partial charge in [0, 0.05) is 19.6 Å². The van der Waals surface area contributed by atoms with Crippen molar-refractivity contribution in [3.05, 3.63) is 5.56 Å². The largest absolute Gasteiger partial charge is 0.534 e. The molecule has 10 nitrogen and oxygen atoms in total. The first-order valence-corrected chi connectivity index (χ1v) is 11.5. The van der Waals surface area contributed by atoms with Crippen LogP contribution in [0.5, 0.6) is 11.8 Å². The average Bonchev–Trinajstić information content (AvgIpc) is 2.96. The van der Waals surface area contributed by atoms with Crippen LogP contribution < -0.4 is 13.8 Å². The summed E-state index contributed by atoms with van der Waals surface area (Å²) in [7, 11) is -6.09. The second kappa shape index (κ2) is 7.61. The fraction of sp³-hybridized carbons (Fsp3) is 0.722. The molecule has 0 aliphatic carbocycles. The number of carbonyl (C=O) groups is 1. The fourth-order valence-electron chi connectivity index (χ4n) is 4.04. The smallest absolute Gasteiger partial charge is 0.469 e. The number of aromatic nitrogens is 2. The van der Waals surface area contributed by atoms with E-state index in [1.54, 1.807) is 25.7 Å². The molecule has 4 rings (SSSR count). The quantitative estimate of drug-likeness (QED) is 0.470. The first kappa shape index (κ1) is 22.8. The lowest BCUT2D eigenvalue weighted by Gasteiger charge is -2.32. The van der Waals surface area contributed by atoms with Crippen LogP contribution in [0.25, 0.3) is 0 Å². The Bertz CT molecular complexity index is 1020. The normalized spacial score (nSPS) is 25.2. The van der Waals surface area contributed by atoms with E-state index >= 15 is 0 Å². The lowest BCUT2D eigenvalue weighted by molar-refractivity contribution is -0.0501. The monoisotopic (exact) mass is 480 g/mol. The maximum Gasteiger partial charge on any atom is 0.534 e. The molecule has 14 heteroatoms. The van der Waals surface area contributed by atoms with E-state index in [0.29, 0.717) is 13.1 Å². The maximum absolute atomic E-state index is 13.1. The van der Waals surface area contributed by atoms with Gasteiger partial charge in [-0.2, -0.15) is 31.6 Å². The molecule has 2 fully saturated rings. The van der Waals surface area contributed by atoms with Gasteiger partial charge in [-0.05, 0) is 33.6 Å². The number of alkyl halides is 3. The Labute approximate surface area is 182 Å². The standard InChI is InChI=1S/C18H23F3N4O6S/c1-4-24-9-17(2,3)30-13-12(15(24)26)14(31-32(27,28)18(19,20)21)23-16(22-13)25-7-10-5-6-11(8-25)29-10/h10-11H,4-9H2,1-3H3. The highest BCUT2D eigenvalue weighted by Gasteiger charge is 2.50. The number of morpholine rings is 1. The number of rotatable bonds is 4. The highest BCUT2D eigenvalue weighted by atomic mass is 32.2. The van der Waals surface area contributed by atoms with Crippen LogP contribution in [0, 0.1) is 0 Å². The van der Waals surface area contributed by atoms with Crippen LogP contribution in [0.2, 0.25) is 0 Å². The van der Waals surface area contributed by atoms with E-state index in [-0.39, 0.29) is 37.1 Å². The Hall–Kier alpha value is -2.35. The Balaban J connectivity index is 1.85. The molecule has 1 aromatic heterocycles. The topological polar surface area (TPSA) is 111 Å². The first-order valence-electron chi connectivity index (χ1n) is 10.1. The highest BCUT2D eigenvalue weighted by molar-refractivity contribution is 7.88. The lowest BCUT2D eigenvalue weighted by atomic mass is 10.1. The van der Waals surface area contributed by atoms with E-state index < -0.39 is 38.6 Å². The summed E-state index contributed by atoms with van der Waals surface area (Å²) in [6, 6.07) is 0. The molecular weight excluding hydrogens is 457 g/mol. The summed E-state index contributed by atoms with van der Waals surface area (Å²) in [4.78, 5) is 24.3. The van der Waals surface area contributed by atoms with Gasteiger partial charge < -0.3 is 23.5 Å². The summed E-state index contributed by atoms with van der Waals surface area (Å²) >= 11 is 0. The van der Waals surface area contributed by atoms with Gasteiger partial charge in [-0.25, -0.2) is 0 Å².